The molecule has 3 aromatic rings. The highest BCUT2D eigenvalue weighted by atomic mass is 32.1. The van der Waals surface area contributed by atoms with Gasteiger partial charge in [-0.25, -0.2) is 0 Å². The number of nitrogens with zero attached hydrogens (tertiary/aromatic N) is 2. The van der Waals surface area contributed by atoms with Crippen LogP contribution in [-0.4, -0.2) is 16.1 Å². The number of aromatic nitrogens is 2. The van der Waals surface area contributed by atoms with Crippen LogP contribution < -0.4 is 5.32 Å². The molecule has 0 fully saturated rings. The van der Waals surface area contributed by atoms with E-state index in [0.29, 0.717) is 5.01 Å². The fraction of sp³-hybridized carbons (Fsp3) is 0.118. The first-order chi connectivity index (χ1) is 11.8. The Labute approximate surface area is 145 Å². The summed E-state index contributed by atoms with van der Waals surface area (Å²) in [6, 6.07) is 11.8. The van der Waals surface area contributed by atoms with Gasteiger partial charge in [0.25, 0.3) is 5.91 Å². The molecular weight excluding hydrogens is 351 g/mol. The van der Waals surface area contributed by atoms with Gasteiger partial charge in [0.1, 0.15) is 5.01 Å². The zero-order valence-electron chi connectivity index (χ0n) is 13.0. The van der Waals surface area contributed by atoms with Crippen LogP contribution in [0.2, 0.25) is 0 Å². The number of hydrogen-bond donors (Lipinski definition) is 1. The molecule has 4 nitrogen and oxygen atoms in total. The summed E-state index contributed by atoms with van der Waals surface area (Å²) in [5.74, 6) is -0.668. The number of nitrogens with one attached hydrogen (secondary N) is 1. The van der Waals surface area contributed by atoms with Gasteiger partial charge in [0, 0.05) is 11.1 Å². The Kier molecular flexibility index (Phi) is 4.54. The van der Waals surface area contributed by atoms with Gasteiger partial charge in [0.05, 0.1) is 5.56 Å². The molecule has 1 heterocycles. The average molecular weight is 363 g/mol. The highest BCUT2D eigenvalue weighted by Gasteiger charge is 2.31. The molecular formula is C17H12F3N3OS. The Morgan fingerprint density at radius 1 is 1.08 bits per heavy atom. The summed E-state index contributed by atoms with van der Waals surface area (Å²) >= 11 is 1.16. The van der Waals surface area contributed by atoms with Crippen LogP contribution in [-0.2, 0) is 6.18 Å². The van der Waals surface area contributed by atoms with Gasteiger partial charge < -0.3 is 0 Å². The van der Waals surface area contributed by atoms with Crippen molar-refractivity contribution in [2.45, 2.75) is 13.1 Å². The van der Waals surface area contributed by atoms with E-state index in [1.54, 1.807) is 0 Å². The molecule has 0 spiro atoms. The van der Waals surface area contributed by atoms with Crippen molar-refractivity contribution in [3.8, 4) is 10.6 Å². The molecule has 0 aliphatic rings. The second-order valence-electron chi connectivity index (χ2n) is 5.26. The Hall–Kier alpha value is -2.74. The minimum Gasteiger partial charge on any atom is -0.296 e. The number of hydrogen-bond acceptors (Lipinski definition) is 4. The summed E-state index contributed by atoms with van der Waals surface area (Å²) in [7, 11) is 0. The van der Waals surface area contributed by atoms with Crippen LogP contribution in [0.4, 0.5) is 18.3 Å². The van der Waals surface area contributed by atoms with Crippen molar-refractivity contribution in [1.29, 1.82) is 0 Å². The summed E-state index contributed by atoms with van der Waals surface area (Å²) in [6.45, 7) is 1.93. The molecule has 0 unspecified atom stereocenters. The molecule has 1 N–H and O–H groups in total. The van der Waals surface area contributed by atoms with Crippen LogP contribution in [0.3, 0.4) is 0 Å². The SMILES string of the molecule is Cc1ccccc1-c1nnc(NC(=O)c2cccc(C(F)(F)F)c2)s1. The van der Waals surface area contributed by atoms with Crippen LogP contribution in [0, 0.1) is 6.92 Å². The first kappa shape index (κ1) is 17.1. The van der Waals surface area contributed by atoms with E-state index in [0.717, 1.165) is 34.6 Å². The minimum absolute atomic E-state index is 0.0949. The topological polar surface area (TPSA) is 54.9 Å². The number of halogens is 3. The average Bonchev–Trinajstić information content (AvgIpc) is 3.03. The largest absolute Gasteiger partial charge is 0.416 e. The van der Waals surface area contributed by atoms with E-state index in [1.165, 1.54) is 12.1 Å². The maximum atomic E-state index is 12.7. The van der Waals surface area contributed by atoms with Gasteiger partial charge in [0.15, 0.2) is 0 Å². The van der Waals surface area contributed by atoms with Crippen LogP contribution >= 0.6 is 11.3 Å². The molecule has 0 bridgehead atoms. The molecule has 1 aromatic heterocycles. The van der Waals surface area contributed by atoms with E-state index >= 15 is 0 Å². The van der Waals surface area contributed by atoms with Crippen LogP contribution in [0.5, 0.6) is 0 Å². The van der Waals surface area contributed by atoms with E-state index in [4.69, 9.17) is 0 Å². The van der Waals surface area contributed by atoms with Crippen molar-refractivity contribution in [1.82, 2.24) is 10.2 Å². The number of rotatable bonds is 3. The lowest BCUT2D eigenvalue weighted by molar-refractivity contribution is -0.137. The Morgan fingerprint density at radius 2 is 1.84 bits per heavy atom. The van der Waals surface area contributed by atoms with Crippen molar-refractivity contribution < 1.29 is 18.0 Å². The first-order valence-corrected chi connectivity index (χ1v) is 8.04. The normalized spacial score (nSPS) is 11.4. The Balaban J connectivity index is 1.80. The van der Waals surface area contributed by atoms with Gasteiger partial charge in [-0.2, -0.15) is 13.2 Å². The second kappa shape index (κ2) is 6.64. The first-order valence-electron chi connectivity index (χ1n) is 7.23. The van der Waals surface area contributed by atoms with Crippen molar-refractivity contribution in [3.63, 3.8) is 0 Å². The van der Waals surface area contributed by atoms with E-state index in [1.807, 2.05) is 31.2 Å². The van der Waals surface area contributed by atoms with Crippen LogP contribution in [0.15, 0.2) is 48.5 Å². The maximum absolute atomic E-state index is 12.7. The Morgan fingerprint density at radius 3 is 2.56 bits per heavy atom. The predicted molar refractivity (Wildman–Crippen MR) is 89.5 cm³/mol. The summed E-state index contributed by atoms with van der Waals surface area (Å²) in [4.78, 5) is 12.2. The monoisotopic (exact) mass is 363 g/mol. The second-order valence-corrected chi connectivity index (χ2v) is 6.24. The number of carbonyl (C=O) groups is 1. The molecule has 3 rings (SSSR count). The lowest BCUT2D eigenvalue weighted by Gasteiger charge is -2.08. The third-order valence-corrected chi connectivity index (χ3v) is 4.34. The van der Waals surface area contributed by atoms with Crippen LogP contribution in [0.1, 0.15) is 21.5 Å². The molecule has 0 radical (unpaired) electrons. The third kappa shape index (κ3) is 3.85. The lowest BCUT2D eigenvalue weighted by atomic mass is 10.1. The van der Waals surface area contributed by atoms with Crippen molar-refractivity contribution >= 4 is 22.4 Å². The zero-order valence-corrected chi connectivity index (χ0v) is 13.8. The molecule has 0 saturated carbocycles. The number of anilines is 1. The molecule has 0 atom stereocenters. The number of aryl methyl sites for hydroxylation is 1. The zero-order chi connectivity index (χ0) is 18.0. The smallest absolute Gasteiger partial charge is 0.296 e. The molecule has 25 heavy (non-hydrogen) atoms. The molecule has 0 aliphatic heterocycles. The summed E-state index contributed by atoms with van der Waals surface area (Å²) in [5.41, 5.74) is 0.925. The Bertz CT molecular complexity index is 921. The van der Waals surface area contributed by atoms with Crippen molar-refractivity contribution in [2.75, 3.05) is 5.32 Å². The standard InChI is InChI=1S/C17H12F3N3OS/c1-10-5-2-3-8-13(10)15-22-23-16(25-15)21-14(24)11-6-4-7-12(9-11)17(18,19)20/h2-9H,1H3,(H,21,23,24). The van der Waals surface area contributed by atoms with E-state index in [-0.39, 0.29) is 10.7 Å². The van der Waals surface area contributed by atoms with Crippen LogP contribution in [0.25, 0.3) is 10.6 Å². The molecule has 128 valence electrons. The minimum atomic E-state index is -4.50. The third-order valence-electron chi connectivity index (χ3n) is 3.47. The molecule has 8 heteroatoms. The van der Waals surface area contributed by atoms with Gasteiger partial charge in [-0.1, -0.05) is 41.7 Å². The predicted octanol–water partition coefficient (Wildman–Crippen LogP) is 4.78. The fourth-order valence-electron chi connectivity index (χ4n) is 2.20. The van der Waals surface area contributed by atoms with E-state index < -0.39 is 17.6 Å². The number of carbonyl (C=O) groups excluding carboxylic acids is 1. The molecule has 1 amide bonds. The van der Waals surface area contributed by atoms with Gasteiger partial charge in [-0.15, -0.1) is 10.2 Å². The molecule has 0 saturated heterocycles. The highest BCUT2D eigenvalue weighted by molar-refractivity contribution is 7.18. The van der Waals surface area contributed by atoms with Gasteiger partial charge in [-0.3, -0.25) is 10.1 Å². The van der Waals surface area contributed by atoms with Gasteiger partial charge in [0.2, 0.25) is 5.13 Å². The van der Waals surface area contributed by atoms with E-state index in [9.17, 15) is 18.0 Å². The number of benzene rings is 2. The fourth-order valence-corrected chi connectivity index (χ4v) is 3.03. The summed E-state index contributed by atoms with van der Waals surface area (Å²) < 4.78 is 38.2. The number of amides is 1. The molecule has 2 aromatic carbocycles. The van der Waals surface area contributed by atoms with Gasteiger partial charge >= 0.3 is 6.18 Å². The number of alkyl halides is 3. The lowest BCUT2D eigenvalue weighted by Crippen LogP contribution is -2.13. The maximum Gasteiger partial charge on any atom is 0.416 e. The molecule has 0 aliphatic carbocycles. The van der Waals surface area contributed by atoms with Gasteiger partial charge in [-0.05, 0) is 30.7 Å². The quantitative estimate of drug-likeness (QED) is 0.728. The highest BCUT2D eigenvalue weighted by Crippen LogP contribution is 2.31. The van der Waals surface area contributed by atoms with E-state index in [2.05, 4.69) is 15.5 Å². The van der Waals surface area contributed by atoms with Crippen molar-refractivity contribution in [2.24, 2.45) is 0 Å². The summed E-state index contributed by atoms with van der Waals surface area (Å²) in [5, 5.41) is 11.2. The van der Waals surface area contributed by atoms with Crippen molar-refractivity contribution in [3.05, 3.63) is 65.2 Å². The summed E-state index contributed by atoms with van der Waals surface area (Å²) in [6.07, 6.45) is -4.50.